The number of para-hydroxylation sites is 1. The Labute approximate surface area is 272 Å². The summed E-state index contributed by atoms with van der Waals surface area (Å²) >= 11 is 0. The van der Waals surface area contributed by atoms with Gasteiger partial charge in [-0.2, -0.15) is 0 Å². The Morgan fingerprint density at radius 1 is 0.468 bits per heavy atom. The molecule has 1 N–H and O–H groups in total. The van der Waals surface area contributed by atoms with Crippen LogP contribution in [0.25, 0.3) is 55.0 Å². The van der Waals surface area contributed by atoms with E-state index in [2.05, 4.69) is 133 Å². The van der Waals surface area contributed by atoms with Crippen LogP contribution in [0, 0.1) is 0 Å². The zero-order valence-electron chi connectivity index (χ0n) is 25.5. The predicted octanol–water partition coefficient (Wildman–Crippen LogP) is 10.6. The quantitative estimate of drug-likeness (QED) is 0.213. The average Bonchev–Trinajstić information content (AvgIpc) is 3.54. The van der Waals surface area contributed by atoms with Gasteiger partial charge < -0.3 is 9.73 Å². The third-order valence-corrected chi connectivity index (χ3v) is 8.97. The van der Waals surface area contributed by atoms with Crippen molar-refractivity contribution >= 4 is 44.4 Å². The van der Waals surface area contributed by atoms with E-state index in [4.69, 9.17) is 14.4 Å². The molecular formula is C43H29N3O. The first-order valence-corrected chi connectivity index (χ1v) is 15.9. The molecule has 0 saturated carbocycles. The van der Waals surface area contributed by atoms with Gasteiger partial charge in [0.05, 0.1) is 0 Å². The molecule has 1 aromatic heterocycles. The van der Waals surface area contributed by atoms with Gasteiger partial charge in [-0.15, -0.1) is 0 Å². The summed E-state index contributed by atoms with van der Waals surface area (Å²) in [5, 5.41) is 8.03. The van der Waals surface area contributed by atoms with E-state index in [0.717, 1.165) is 77.5 Å². The van der Waals surface area contributed by atoms with Gasteiger partial charge >= 0.3 is 0 Å². The highest BCUT2D eigenvalue weighted by atomic mass is 16.3. The Balaban J connectivity index is 1.30. The standard InChI is InChI=1S/C43H29N3O/c1-4-14-28(15-5-1)31-26-27-38-40(36-22-12-13-23-37(36)47-38)39(31)34-24-25-35(33-21-11-10-20-32(33)34)43-45-41(29-16-6-2-7-17-29)44-42(46-43)30-18-8-3-9-19-30/h1-27,41H,(H,44,45,46). The van der Waals surface area contributed by atoms with Gasteiger partial charge in [0, 0.05) is 27.5 Å². The Morgan fingerprint density at radius 2 is 1.04 bits per heavy atom. The largest absolute Gasteiger partial charge is 0.456 e. The van der Waals surface area contributed by atoms with Crippen molar-refractivity contribution in [1.82, 2.24) is 5.32 Å². The highest BCUT2D eigenvalue weighted by Crippen LogP contribution is 2.45. The summed E-state index contributed by atoms with van der Waals surface area (Å²) in [5.41, 5.74) is 9.47. The molecule has 1 atom stereocenters. The molecule has 0 amide bonds. The molecule has 9 rings (SSSR count). The number of hydrogen-bond donors (Lipinski definition) is 1. The van der Waals surface area contributed by atoms with Crippen LogP contribution in [-0.4, -0.2) is 11.7 Å². The number of nitrogens with zero attached hydrogens (tertiary/aromatic N) is 2. The fraction of sp³-hybridized carbons (Fsp3) is 0.0233. The van der Waals surface area contributed by atoms with Crippen LogP contribution >= 0.6 is 0 Å². The number of rotatable bonds is 5. The van der Waals surface area contributed by atoms with E-state index in [9.17, 15) is 0 Å². The van der Waals surface area contributed by atoms with Gasteiger partial charge in [-0.05, 0) is 51.2 Å². The number of fused-ring (bicyclic) bond motifs is 4. The minimum Gasteiger partial charge on any atom is -0.456 e. The molecule has 1 aliphatic heterocycles. The maximum atomic E-state index is 6.40. The van der Waals surface area contributed by atoms with Crippen LogP contribution in [0.3, 0.4) is 0 Å². The second-order valence-corrected chi connectivity index (χ2v) is 11.8. The van der Waals surface area contributed by atoms with Gasteiger partial charge in [0.25, 0.3) is 0 Å². The summed E-state index contributed by atoms with van der Waals surface area (Å²) in [6.45, 7) is 0. The van der Waals surface area contributed by atoms with Crippen LogP contribution in [0.4, 0.5) is 0 Å². The fourth-order valence-corrected chi connectivity index (χ4v) is 6.78. The van der Waals surface area contributed by atoms with Gasteiger partial charge in [-0.1, -0.05) is 146 Å². The summed E-state index contributed by atoms with van der Waals surface area (Å²) in [5.74, 6) is 1.51. The SMILES string of the molecule is c1ccc(C2=NC(c3ccc(-c4c(-c5ccccc5)ccc5oc6ccccc6c45)c4ccccc34)=NC(c3ccccc3)N2)cc1. The first kappa shape index (κ1) is 27.1. The fourth-order valence-electron chi connectivity index (χ4n) is 6.78. The third kappa shape index (κ3) is 4.70. The van der Waals surface area contributed by atoms with Crippen molar-refractivity contribution in [3.8, 4) is 22.3 Å². The molecule has 0 radical (unpaired) electrons. The Hall–Kier alpha value is -6.26. The molecule has 1 unspecified atom stereocenters. The molecule has 7 aromatic carbocycles. The lowest BCUT2D eigenvalue weighted by atomic mass is 9.87. The van der Waals surface area contributed by atoms with Crippen LogP contribution in [0.2, 0.25) is 0 Å². The van der Waals surface area contributed by atoms with Crippen molar-refractivity contribution in [3.63, 3.8) is 0 Å². The van der Waals surface area contributed by atoms with Crippen molar-refractivity contribution in [2.45, 2.75) is 6.17 Å². The minimum absolute atomic E-state index is 0.270. The molecule has 8 aromatic rings. The van der Waals surface area contributed by atoms with Crippen LogP contribution in [-0.2, 0) is 0 Å². The number of nitrogens with one attached hydrogen (secondary N) is 1. The lowest BCUT2D eigenvalue weighted by Crippen LogP contribution is -2.33. The molecule has 1 aliphatic rings. The van der Waals surface area contributed by atoms with Crippen molar-refractivity contribution < 1.29 is 4.42 Å². The van der Waals surface area contributed by atoms with Crippen molar-refractivity contribution in [1.29, 1.82) is 0 Å². The highest BCUT2D eigenvalue weighted by molar-refractivity contribution is 6.22. The van der Waals surface area contributed by atoms with E-state index in [1.54, 1.807) is 0 Å². The van der Waals surface area contributed by atoms with Gasteiger partial charge in [0.15, 0.2) is 5.84 Å². The molecule has 0 bridgehead atoms. The van der Waals surface area contributed by atoms with Crippen LogP contribution in [0.15, 0.2) is 178 Å². The zero-order valence-corrected chi connectivity index (χ0v) is 25.5. The summed E-state index contributed by atoms with van der Waals surface area (Å²) in [4.78, 5) is 10.3. The van der Waals surface area contributed by atoms with Crippen molar-refractivity contribution in [2.24, 2.45) is 9.98 Å². The monoisotopic (exact) mass is 603 g/mol. The van der Waals surface area contributed by atoms with Gasteiger partial charge in [-0.3, -0.25) is 0 Å². The Kier molecular flexibility index (Phi) is 6.50. The topological polar surface area (TPSA) is 49.9 Å². The lowest BCUT2D eigenvalue weighted by Gasteiger charge is -2.24. The predicted molar refractivity (Wildman–Crippen MR) is 194 cm³/mol. The molecule has 0 aliphatic carbocycles. The van der Waals surface area contributed by atoms with Crippen molar-refractivity contribution in [2.75, 3.05) is 0 Å². The first-order valence-electron chi connectivity index (χ1n) is 15.9. The van der Waals surface area contributed by atoms with E-state index < -0.39 is 0 Å². The molecule has 47 heavy (non-hydrogen) atoms. The van der Waals surface area contributed by atoms with E-state index in [0.29, 0.717) is 5.84 Å². The number of benzene rings is 7. The molecular weight excluding hydrogens is 574 g/mol. The van der Waals surface area contributed by atoms with E-state index >= 15 is 0 Å². The second kappa shape index (κ2) is 11.3. The molecule has 0 fully saturated rings. The highest BCUT2D eigenvalue weighted by Gasteiger charge is 2.24. The second-order valence-electron chi connectivity index (χ2n) is 11.8. The number of aliphatic imine (C=N–C) groups is 2. The Bertz CT molecular complexity index is 2480. The maximum absolute atomic E-state index is 6.40. The Morgan fingerprint density at radius 3 is 1.79 bits per heavy atom. The van der Waals surface area contributed by atoms with E-state index in [1.807, 2.05) is 36.4 Å². The normalized spacial score (nSPS) is 14.6. The van der Waals surface area contributed by atoms with Gasteiger partial charge in [0.2, 0.25) is 0 Å². The molecule has 2 heterocycles. The first-order chi connectivity index (χ1) is 23.3. The molecule has 0 saturated heterocycles. The summed E-state index contributed by atoms with van der Waals surface area (Å²) in [6, 6.07) is 56.8. The summed E-state index contributed by atoms with van der Waals surface area (Å²) in [6.07, 6.45) is -0.270. The smallest absolute Gasteiger partial charge is 0.160 e. The van der Waals surface area contributed by atoms with E-state index in [1.165, 1.54) is 0 Å². The van der Waals surface area contributed by atoms with Crippen LogP contribution in [0.1, 0.15) is 22.9 Å². The van der Waals surface area contributed by atoms with Crippen LogP contribution in [0.5, 0.6) is 0 Å². The van der Waals surface area contributed by atoms with Crippen LogP contribution < -0.4 is 5.32 Å². The minimum atomic E-state index is -0.270. The van der Waals surface area contributed by atoms with Gasteiger partial charge in [0.1, 0.15) is 23.2 Å². The molecule has 0 spiro atoms. The zero-order chi connectivity index (χ0) is 31.2. The number of furan rings is 1. The number of amidine groups is 2. The summed E-state index contributed by atoms with van der Waals surface area (Å²) in [7, 11) is 0. The number of hydrogen-bond acceptors (Lipinski definition) is 4. The lowest BCUT2D eigenvalue weighted by molar-refractivity contribution is 0.669. The van der Waals surface area contributed by atoms with Crippen molar-refractivity contribution in [3.05, 3.63) is 180 Å². The molecule has 222 valence electrons. The van der Waals surface area contributed by atoms with E-state index in [-0.39, 0.29) is 6.17 Å². The maximum Gasteiger partial charge on any atom is 0.160 e. The molecule has 4 heteroatoms. The average molecular weight is 604 g/mol. The summed E-state index contributed by atoms with van der Waals surface area (Å²) < 4.78 is 6.40. The van der Waals surface area contributed by atoms with Gasteiger partial charge in [-0.25, -0.2) is 9.98 Å². The molecule has 4 nitrogen and oxygen atoms in total. The third-order valence-electron chi connectivity index (χ3n) is 8.97.